The van der Waals surface area contributed by atoms with Gasteiger partial charge in [0, 0.05) is 24.2 Å². The molecule has 7 heteroatoms. The molecule has 2 heterocycles. The zero-order valence-electron chi connectivity index (χ0n) is 13.2. The maximum atomic E-state index is 12.6. The SMILES string of the molecule is Cc1c(C#N)cnc(C(=O)NC2CCC3NNC(Br)C3C2)c1C. The van der Waals surface area contributed by atoms with Gasteiger partial charge in [-0.3, -0.25) is 10.2 Å². The number of hydrogen-bond donors (Lipinski definition) is 3. The van der Waals surface area contributed by atoms with Gasteiger partial charge in [0.2, 0.25) is 0 Å². The molecule has 0 spiro atoms. The first kappa shape index (κ1) is 16.4. The zero-order chi connectivity index (χ0) is 16.6. The van der Waals surface area contributed by atoms with Gasteiger partial charge >= 0.3 is 0 Å². The monoisotopic (exact) mass is 377 g/mol. The number of rotatable bonds is 2. The Morgan fingerprint density at radius 2 is 2.17 bits per heavy atom. The molecular weight excluding hydrogens is 358 g/mol. The topological polar surface area (TPSA) is 89.8 Å². The second-order valence-electron chi connectivity index (χ2n) is 6.33. The highest BCUT2D eigenvalue weighted by molar-refractivity contribution is 9.09. The van der Waals surface area contributed by atoms with Crippen LogP contribution in [-0.4, -0.2) is 27.9 Å². The van der Waals surface area contributed by atoms with Crippen LogP contribution in [0.15, 0.2) is 6.20 Å². The molecule has 4 atom stereocenters. The average molecular weight is 378 g/mol. The standard InChI is InChI=1S/C16H20BrN5O/c1-8-9(2)14(19-7-10(8)6-18)16(23)20-11-3-4-13-12(5-11)15(17)22-21-13/h7,11-13,15,21-22H,3-5H2,1-2H3,(H,20,23). The summed E-state index contributed by atoms with van der Waals surface area (Å²) in [5.41, 5.74) is 9.03. The maximum absolute atomic E-state index is 12.6. The lowest BCUT2D eigenvalue weighted by molar-refractivity contribution is 0.0912. The van der Waals surface area contributed by atoms with E-state index in [1.165, 1.54) is 6.20 Å². The van der Waals surface area contributed by atoms with Crippen molar-refractivity contribution < 1.29 is 4.79 Å². The number of amides is 1. The van der Waals surface area contributed by atoms with Crippen molar-refractivity contribution in [3.05, 3.63) is 28.6 Å². The Labute approximate surface area is 144 Å². The second kappa shape index (κ2) is 6.56. The van der Waals surface area contributed by atoms with Crippen LogP contribution in [0.5, 0.6) is 0 Å². The Morgan fingerprint density at radius 1 is 1.39 bits per heavy atom. The van der Waals surface area contributed by atoms with Gasteiger partial charge in [0.1, 0.15) is 11.8 Å². The van der Waals surface area contributed by atoms with E-state index in [2.05, 4.69) is 43.2 Å². The van der Waals surface area contributed by atoms with Crippen LogP contribution >= 0.6 is 15.9 Å². The van der Waals surface area contributed by atoms with Crippen molar-refractivity contribution in [3.8, 4) is 6.07 Å². The number of fused-ring (bicyclic) bond motifs is 1. The fraction of sp³-hybridized carbons (Fsp3) is 0.562. The van der Waals surface area contributed by atoms with Crippen molar-refractivity contribution in [3.63, 3.8) is 0 Å². The number of hydrogen-bond acceptors (Lipinski definition) is 5. The fourth-order valence-corrected chi connectivity index (χ4v) is 4.15. The van der Waals surface area contributed by atoms with E-state index in [-0.39, 0.29) is 16.9 Å². The van der Waals surface area contributed by atoms with E-state index in [1.807, 2.05) is 13.8 Å². The summed E-state index contributed by atoms with van der Waals surface area (Å²) in [7, 11) is 0. The Bertz CT molecular complexity index is 671. The van der Waals surface area contributed by atoms with Gasteiger partial charge in [-0.1, -0.05) is 15.9 Å². The summed E-state index contributed by atoms with van der Waals surface area (Å²) in [5, 5.41) is 12.2. The highest BCUT2D eigenvalue weighted by Crippen LogP contribution is 2.32. The summed E-state index contributed by atoms with van der Waals surface area (Å²) in [6.07, 6.45) is 4.40. The molecule has 23 heavy (non-hydrogen) atoms. The number of hydrazine groups is 1. The molecule has 122 valence electrons. The van der Waals surface area contributed by atoms with Gasteiger partial charge in [0.25, 0.3) is 5.91 Å². The molecule has 2 aliphatic rings. The van der Waals surface area contributed by atoms with Gasteiger partial charge in [-0.05, 0) is 44.2 Å². The summed E-state index contributed by atoms with van der Waals surface area (Å²) in [4.78, 5) is 17.0. The molecule has 1 aromatic heterocycles. The quantitative estimate of drug-likeness (QED) is 0.538. The van der Waals surface area contributed by atoms with Crippen LogP contribution in [0.1, 0.15) is 46.4 Å². The number of halogens is 1. The van der Waals surface area contributed by atoms with Crippen molar-refractivity contribution in [2.45, 2.75) is 50.1 Å². The van der Waals surface area contributed by atoms with Gasteiger partial charge in [-0.25, -0.2) is 10.4 Å². The first-order valence-corrected chi connectivity index (χ1v) is 8.75. The van der Waals surface area contributed by atoms with Crippen LogP contribution in [0.4, 0.5) is 0 Å². The molecule has 1 amide bonds. The largest absolute Gasteiger partial charge is 0.348 e. The minimum atomic E-state index is -0.149. The molecule has 0 aromatic carbocycles. The van der Waals surface area contributed by atoms with Crippen LogP contribution in [0.25, 0.3) is 0 Å². The van der Waals surface area contributed by atoms with Crippen LogP contribution in [0.3, 0.4) is 0 Å². The lowest BCUT2D eigenvalue weighted by atomic mass is 9.83. The van der Waals surface area contributed by atoms with Gasteiger partial charge in [-0.2, -0.15) is 5.26 Å². The predicted molar refractivity (Wildman–Crippen MR) is 89.8 cm³/mol. The average Bonchev–Trinajstić information content (AvgIpc) is 2.91. The van der Waals surface area contributed by atoms with Gasteiger partial charge in [-0.15, -0.1) is 0 Å². The van der Waals surface area contributed by atoms with Gasteiger partial charge in [0.15, 0.2) is 0 Å². The zero-order valence-corrected chi connectivity index (χ0v) is 14.8. The van der Waals surface area contributed by atoms with Crippen LogP contribution < -0.4 is 16.2 Å². The molecule has 1 saturated carbocycles. The first-order valence-electron chi connectivity index (χ1n) is 7.83. The molecule has 2 fully saturated rings. The van der Waals surface area contributed by atoms with Crippen molar-refractivity contribution in [1.82, 2.24) is 21.2 Å². The summed E-state index contributed by atoms with van der Waals surface area (Å²) >= 11 is 3.63. The van der Waals surface area contributed by atoms with Crippen molar-refractivity contribution >= 4 is 21.8 Å². The Balaban J connectivity index is 1.70. The molecule has 1 aliphatic heterocycles. The highest BCUT2D eigenvalue weighted by atomic mass is 79.9. The smallest absolute Gasteiger partial charge is 0.270 e. The van der Waals surface area contributed by atoms with E-state index >= 15 is 0 Å². The van der Waals surface area contributed by atoms with E-state index in [4.69, 9.17) is 5.26 Å². The number of pyridine rings is 1. The van der Waals surface area contributed by atoms with Gasteiger partial charge in [0.05, 0.1) is 10.5 Å². The third kappa shape index (κ3) is 3.11. The summed E-state index contributed by atoms with van der Waals surface area (Å²) in [5.74, 6) is 0.314. The highest BCUT2D eigenvalue weighted by Gasteiger charge is 2.39. The van der Waals surface area contributed by atoms with Gasteiger partial charge < -0.3 is 5.32 Å². The molecule has 1 aliphatic carbocycles. The number of aromatic nitrogens is 1. The maximum Gasteiger partial charge on any atom is 0.270 e. The second-order valence-corrected chi connectivity index (χ2v) is 7.31. The summed E-state index contributed by atoms with van der Waals surface area (Å²) < 4.78 is 0. The van der Waals surface area contributed by atoms with E-state index in [0.29, 0.717) is 23.2 Å². The van der Waals surface area contributed by atoms with E-state index in [9.17, 15) is 4.79 Å². The number of carbonyl (C=O) groups is 1. The predicted octanol–water partition coefficient (Wildman–Crippen LogP) is 1.67. The van der Waals surface area contributed by atoms with E-state index in [1.54, 1.807) is 0 Å². The Hall–Kier alpha value is -1.49. The normalized spacial score (nSPS) is 29.7. The lowest BCUT2D eigenvalue weighted by Crippen LogP contribution is -2.44. The van der Waals surface area contributed by atoms with Crippen LogP contribution in [0, 0.1) is 31.1 Å². The summed E-state index contributed by atoms with van der Waals surface area (Å²) in [6, 6.07) is 2.72. The molecule has 6 nitrogen and oxygen atoms in total. The lowest BCUT2D eigenvalue weighted by Gasteiger charge is -2.32. The number of nitrogens with zero attached hydrogens (tertiary/aromatic N) is 2. The molecule has 0 radical (unpaired) electrons. The number of carbonyl (C=O) groups excluding carboxylic acids is 1. The fourth-order valence-electron chi connectivity index (χ4n) is 3.43. The molecule has 4 unspecified atom stereocenters. The Morgan fingerprint density at radius 3 is 2.91 bits per heavy atom. The minimum Gasteiger partial charge on any atom is -0.348 e. The van der Waals surface area contributed by atoms with Crippen molar-refractivity contribution in [1.29, 1.82) is 5.26 Å². The van der Waals surface area contributed by atoms with Crippen molar-refractivity contribution in [2.24, 2.45) is 5.92 Å². The molecule has 0 bridgehead atoms. The summed E-state index contributed by atoms with van der Waals surface area (Å²) in [6.45, 7) is 3.69. The first-order chi connectivity index (χ1) is 11.0. The molecule has 1 saturated heterocycles. The molecule has 3 rings (SSSR count). The minimum absolute atomic E-state index is 0.149. The molecular formula is C16H20BrN5O. The number of nitrogens with one attached hydrogen (secondary N) is 3. The number of nitriles is 1. The van der Waals surface area contributed by atoms with Crippen LogP contribution in [0.2, 0.25) is 0 Å². The third-order valence-electron chi connectivity index (χ3n) is 5.00. The van der Waals surface area contributed by atoms with E-state index < -0.39 is 0 Å². The van der Waals surface area contributed by atoms with Crippen molar-refractivity contribution in [2.75, 3.05) is 0 Å². The third-order valence-corrected chi connectivity index (χ3v) is 5.91. The van der Waals surface area contributed by atoms with Crippen LogP contribution in [-0.2, 0) is 0 Å². The number of alkyl halides is 1. The molecule has 3 N–H and O–H groups in total. The Kier molecular flexibility index (Phi) is 4.67. The van der Waals surface area contributed by atoms with E-state index in [0.717, 1.165) is 30.4 Å². The molecule has 1 aromatic rings.